The number of benzene rings is 1. The molecule has 31 heavy (non-hydrogen) atoms. The van der Waals surface area contributed by atoms with Gasteiger partial charge >= 0.3 is 6.03 Å². The number of aliphatic hydroxyl groups is 1. The maximum absolute atomic E-state index is 14.4. The number of nitrogens with one attached hydrogen (secondary N) is 2. The molecule has 1 aromatic carbocycles. The fourth-order valence-corrected chi connectivity index (χ4v) is 3.88. The Balaban J connectivity index is 1.44. The first-order valence-electron chi connectivity index (χ1n) is 9.84. The third-order valence-corrected chi connectivity index (χ3v) is 5.52. The van der Waals surface area contributed by atoms with Gasteiger partial charge in [-0.3, -0.25) is 0 Å². The summed E-state index contributed by atoms with van der Waals surface area (Å²) in [5.41, 5.74) is 0.762. The average molecular weight is 432 g/mol. The summed E-state index contributed by atoms with van der Waals surface area (Å²) < 4.78 is 42.6. The monoisotopic (exact) mass is 432 g/mol. The third-order valence-electron chi connectivity index (χ3n) is 5.52. The number of β-amino-alcohol motifs (C(OH)–C–C–N with tert-alkyl or cyclic N) is 1. The Kier molecular flexibility index (Phi) is 4.69. The number of aliphatic hydroxyl groups excluding tert-OH is 1. The van der Waals surface area contributed by atoms with Gasteiger partial charge in [0.15, 0.2) is 5.65 Å². The molecule has 1 aliphatic heterocycles. The van der Waals surface area contributed by atoms with Crippen molar-refractivity contribution < 1.29 is 23.1 Å². The molecule has 4 atom stereocenters. The number of amides is 2. The Hall–Kier alpha value is -3.34. The van der Waals surface area contributed by atoms with E-state index in [-0.39, 0.29) is 18.5 Å². The molecular formula is C20H19F3N6O2. The van der Waals surface area contributed by atoms with Crippen LogP contribution in [0.4, 0.5) is 29.5 Å². The van der Waals surface area contributed by atoms with Crippen LogP contribution in [-0.2, 0) is 0 Å². The average Bonchev–Trinajstić information content (AvgIpc) is 3.11. The lowest BCUT2D eigenvalue weighted by Gasteiger charge is -2.26. The van der Waals surface area contributed by atoms with Gasteiger partial charge in [-0.25, -0.2) is 27.5 Å². The van der Waals surface area contributed by atoms with E-state index in [1.54, 1.807) is 17.2 Å². The first-order chi connectivity index (χ1) is 14.9. The molecule has 0 bridgehead atoms. The van der Waals surface area contributed by atoms with Gasteiger partial charge in [-0.1, -0.05) is 0 Å². The van der Waals surface area contributed by atoms with Crippen LogP contribution >= 0.6 is 0 Å². The maximum atomic E-state index is 14.4. The number of anilines is 2. The summed E-state index contributed by atoms with van der Waals surface area (Å²) in [7, 11) is 0. The summed E-state index contributed by atoms with van der Waals surface area (Å²) in [4.78, 5) is 18.3. The molecule has 2 amide bonds. The number of carbonyl (C=O) groups is 1. The molecule has 0 unspecified atom stereocenters. The van der Waals surface area contributed by atoms with E-state index in [0.29, 0.717) is 23.6 Å². The van der Waals surface area contributed by atoms with Gasteiger partial charge in [-0.2, -0.15) is 5.10 Å². The highest BCUT2D eigenvalue weighted by Gasteiger charge is 2.39. The summed E-state index contributed by atoms with van der Waals surface area (Å²) in [6.07, 6.45) is 1.76. The molecule has 0 spiro atoms. The predicted octanol–water partition coefficient (Wildman–Crippen LogP) is 2.55. The standard InChI is InChI=1S/C20H19F3N6O2/c21-10-1-2-13(22)12(5-10)17-6-11(30)9-28(17)18-3-4-29-19(27-18)16(8-24-29)26-20(31)25-15-7-14(15)23/h1-5,8,11,14-15,17,30H,6-7,9H2,(H2,25,26,31)/t11-,14-,15+,17-/m1/s1. The predicted molar refractivity (Wildman–Crippen MR) is 106 cm³/mol. The Morgan fingerprint density at radius 1 is 1.23 bits per heavy atom. The Bertz CT molecular complexity index is 1160. The van der Waals surface area contributed by atoms with E-state index in [1.807, 2.05) is 0 Å². The molecule has 2 fully saturated rings. The van der Waals surface area contributed by atoms with Crippen LogP contribution in [-0.4, -0.2) is 50.6 Å². The van der Waals surface area contributed by atoms with Crippen LogP contribution < -0.4 is 15.5 Å². The van der Waals surface area contributed by atoms with Crippen molar-refractivity contribution in [1.82, 2.24) is 19.9 Å². The number of carbonyl (C=O) groups excluding carboxylic acids is 1. The fraction of sp³-hybridized carbons (Fsp3) is 0.350. The second kappa shape index (κ2) is 7.41. The highest BCUT2D eigenvalue weighted by molar-refractivity contribution is 5.93. The van der Waals surface area contributed by atoms with E-state index in [0.717, 1.165) is 18.2 Å². The molecule has 2 aliphatic rings. The van der Waals surface area contributed by atoms with E-state index in [4.69, 9.17) is 0 Å². The van der Waals surface area contributed by atoms with E-state index in [2.05, 4.69) is 20.7 Å². The molecule has 1 aliphatic carbocycles. The lowest BCUT2D eigenvalue weighted by molar-refractivity contribution is 0.194. The molecule has 0 radical (unpaired) electrons. The Morgan fingerprint density at radius 3 is 2.81 bits per heavy atom. The van der Waals surface area contributed by atoms with Crippen molar-refractivity contribution in [3.63, 3.8) is 0 Å². The van der Waals surface area contributed by atoms with Crippen molar-refractivity contribution in [1.29, 1.82) is 0 Å². The number of halogens is 3. The van der Waals surface area contributed by atoms with Crippen molar-refractivity contribution in [3.05, 3.63) is 53.9 Å². The van der Waals surface area contributed by atoms with Gasteiger partial charge in [0.2, 0.25) is 0 Å². The molecule has 3 aromatic rings. The zero-order valence-corrected chi connectivity index (χ0v) is 16.2. The Morgan fingerprint density at radius 2 is 2.03 bits per heavy atom. The third kappa shape index (κ3) is 3.76. The van der Waals surface area contributed by atoms with Gasteiger partial charge in [-0.05, 0) is 30.7 Å². The maximum Gasteiger partial charge on any atom is 0.319 e. The summed E-state index contributed by atoms with van der Waals surface area (Å²) in [5.74, 6) is -0.727. The van der Waals surface area contributed by atoms with E-state index < -0.39 is 42.0 Å². The fourth-order valence-electron chi connectivity index (χ4n) is 3.88. The second-order valence-corrected chi connectivity index (χ2v) is 7.79. The number of hydrogen-bond acceptors (Lipinski definition) is 5. The zero-order chi connectivity index (χ0) is 21.7. The van der Waals surface area contributed by atoms with E-state index >= 15 is 0 Å². The van der Waals surface area contributed by atoms with Crippen LogP contribution in [0.25, 0.3) is 5.65 Å². The lowest BCUT2D eigenvalue weighted by Crippen LogP contribution is -2.31. The van der Waals surface area contributed by atoms with Crippen LogP contribution in [0, 0.1) is 11.6 Å². The summed E-state index contributed by atoms with van der Waals surface area (Å²) in [6.45, 7) is 0.181. The molecule has 11 heteroatoms. The van der Waals surface area contributed by atoms with Crippen molar-refractivity contribution >= 4 is 23.2 Å². The minimum atomic E-state index is -1.03. The van der Waals surface area contributed by atoms with Crippen LogP contribution in [0.5, 0.6) is 0 Å². The highest BCUT2D eigenvalue weighted by Crippen LogP contribution is 2.37. The van der Waals surface area contributed by atoms with Gasteiger partial charge in [0, 0.05) is 24.7 Å². The van der Waals surface area contributed by atoms with Crippen LogP contribution in [0.15, 0.2) is 36.7 Å². The first-order valence-corrected chi connectivity index (χ1v) is 9.84. The number of nitrogens with zero attached hydrogens (tertiary/aromatic N) is 4. The molecule has 1 saturated heterocycles. The summed E-state index contributed by atoms with van der Waals surface area (Å²) in [6, 6.07) is 3.20. The smallest absolute Gasteiger partial charge is 0.319 e. The quantitative estimate of drug-likeness (QED) is 0.589. The van der Waals surface area contributed by atoms with E-state index in [9.17, 15) is 23.1 Å². The molecule has 3 heterocycles. The number of aromatic nitrogens is 3. The lowest BCUT2D eigenvalue weighted by atomic mass is 10.0. The molecule has 8 nitrogen and oxygen atoms in total. The van der Waals surface area contributed by atoms with Gasteiger partial charge in [0.1, 0.15) is 29.3 Å². The molecule has 3 N–H and O–H groups in total. The highest BCUT2D eigenvalue weighted by atomic mass is 19.1. The normalized spacial score (nSPS) is 25.1. The van der Waals surface area contributed by atoms with Gasteiger partial charge < -0.3 is 20.6 Å². The zero-order valence-electron chi connectivity index (χ0n) is 16.2. The minimum absolute atomic E-state index is 0.134. The van der Waals surface area contributed by atoms with Gasteiger partial charge in [-0.15, -0.1) is 0 Å². The van der Waals surface area contributed by atoms with Gasteiger partial charge in [0.25, 0.3) is 0 Å². The largest absolute Gasteiger partial charge is 0.391 e. The van der Waals surface area contributed by atoms with E-state index in [1.165, 1.54) is 10.7 Å². The number of fused-ring (bicyclic) bond motifs is 1. The Labute approximate surface area is 174 Å². The molecule has 162 valence electrons. The summed E-state index contributed by atoms with van der Waals surface area (Å²) >= 11 is 0. The van der Waals surface area contributed by atoms with Crippen molar-refractivity contribution in [3.8, 4) is 0 Å². The molecule has 2 aromatic heterocycles. The van der Waals surface area contributed by atoms with Crippen molar-refractivity contribution in [2.24, 2.45) is 0 Å². The topological polar surface area (TPSA) is 94.8 Å². The van der Waals surface area contributed by atoms with Crippen molar-refractivity contribution in [2.75, 3.05) is 16.8 Å². The molecular weight excluding hydrogens is 413 g/mol. The minimum Gasteiger partial charge on any atom is -0.391 e. The first kappa shape index (κ1) is 19.6. The number of hydrogen-bond donors (Lipinski definition) is 3. The number of rotatable bonds is 4. The number of alkyl halides is 1. The van der Waals surface area contributed by atoms with Gasteiger partial charge in [0.05, 0.1) is 24.4 Å². The van der Waals surface area contributed by atoms with Crippen LogP contribution in [0.3, 0.4) is 0 Å². The van der Waals surface area contributed by atoms with Crippen LogP contribution in [0.1, 0.15) is 24.4 Å². The summed E-state index contributed by atoms with van der Waals surface area (Å²) in [5, 5.41) is 19.5. The van der Waals surface area contributed by atoms with Crippen molar-refractivity contribution in [2.45, 2.75) is 37.2 Å². The number of urea groups is 1. The molecule has 1 saturated carbocycles. The molecule has 5 rings (SSSR count). The van der Waals surface area contributed by atoms with Crippen LogP contribution in [0.2, 0.25) is 0 Å². The SMILES string of the molecule is O=C(Nc1cnn2ccc(N3C[C@H](O)C[C@@H]3c3cc(F)ccc3F)nc12)N[C@H]1C[C@H]1F. The second-order valence-electron chi connectivity index (χ2n) is 7.79.